The molecule has 18 heavy (non-hydrogen) atoms. The SMILES string of the molecule is CC1(C)N=C(Nc2ncc([N+](=O)[O-])s2)OC1(C)C. The van der Waals surface area contributed by atoms with Crippen LogP contribution in [0, 0.1) is 10.1 Å². The highest BCUT2D eigenvalue weighted by atomic mass is 32.1. The molecule has 2 heterocycles. The van der Waals surface area contributed by atoms with Crippen LogP contribution in [-0.4, -0.2) is 27.1 Å². The second-order valence-electron chi connectivity index (χ2n) is 4.97. The fourth-order valence-corrected chi connectivity index (χ4v) is 1.95. The molecule has 0 spiro atoms. The summed E-state index contributed by atoms with van der Waals surface area (Å²) in [5.41, 5.74) is -0.795. The van der Waals surface area contributed by atoms with Crippen LogP contribution in [0.25, 0.3) is 0 Å². The molecule has 1 aliphatic rings. The number of nitro groups is 1. The summed E-state index contributed by atoms with van der Waals surface area (Å²) in [4.78, 5) is 18.4. The zero-order valence-electron chi connectivity index (χ0n) is 10.6. The summed E-state index contributed by atoms with van der Waals surface area (Å²) in [5, 5.41) is 13.8. The van der Waals surface area contributed by atoms with Crippen molar-refractivity contribution in [3.8, 4) is 0 Å². The molecule has 0 saturated heterocycles. The Balaban J connectivity index is 2.14. The average molecular weight is 270 g/mol. The van der Waals surface area contributed by atoms with Crippen LogP contribution in [0.5, 0.6) is 0 Å². The van der Waals surface area contributed by atoms with Crippen molar-refractivity contribution in [1.29, 1.82) is 0 Å². The minimum Gasteiger partial charge on any atom is -0.456 e. The molecule has 1 aromatic rings. The number of ether oxygens (including phenoxy) is 1. The van der Waals surface area contributed by atoms with Gasteiger partial charge in [-0.05, 0) is 39.0 Å². The van der Waals surface area contributed by atoms with Gasteiger partial charge in [0.1, 0.15) is 11.8 Å². The summed E-state index contributed by atoms with van der Waals surface area (Å²) in [5.74, 6) is 0. The van der Waals surface area contributed by atoms with E-state index in [1.807, 2.05) is 27.7 Å². The molecule has 1 aromatic heterocycles. The molecule has 0 saturated carbocycles. The molecule has 0 fully saturated rings. The molecule has 0 amide bonds. The maximum absolute atomic E-state index is 10.5. The van der Waals surface area contributed by atoms with E-state index >= 15 is 0 Å². The number of amidine groups is 1. The fraction of sp³-hybridized carbons (Fsp3) is 0.600. The number of nitrogens with one attached hydrogen (secondary N) is 1. The third kappa shape index (κ3) is 2.15. The Labute approximate surface area is 108 Å². The monoisotopic (exact) mass is 270 g/mol. The molecular weight excluding hydrogens is 256 g/mol. The van der Waals surface area contributed by atoms with Gasteiger partial charge in [0, 0.05) is 0 Å². The van der Waals surface area contributed by atoms with E-state index in [0.717, 1.165) is 11.3 Å². The molecule has 1 aliphatic heterocycles. The lowest BCUT2D eigenvalue weighted by Crippen LogP contribution is -2.41. The Kier molecular flexibility index (Phi) is 2.77. The van der Waals surface area contributed by atoms with E-state index in [2.05, 4.69) is 15.3 Å². The predicted octanol–water partition coefficient (Wildman–Crippen LogP) is 2.41. The number of nitrogens with zero attached hydrogens (tertiary/aromatic N) is 3. The predicted molar refractivity (Wildman–Crippen MR) is 69.1 cm³/mol. The Morgan fingerprint density at radius 3 is 2.56 bits per heavy atom. The smallest absolute Gasteiger partial charge is 0.345 e. The van der Waals surface area contributed by atoms with Crippen LogP contribution < -0.4 is 5.32 Å². The molecule has 0 aliphatic carbocycles. The molecule has 0 atom stereocenters. The topological polar surface area (TPSA) is 89.7 Å². The maximum Gasteiger partial charge on any atom is 0.345 e. The summed E-state index contributed by atoms with van der Waals surface area (Å²) in [7, 11) is 0. The number of anilines is 1. The average Bonchev–Trinajstić information content (AvgIpc) is 2.70. The highest BCUT2D eigenvalue weighted by Gasteiger charge is 2.45. The van der Waals surface area contributed by atoms with Crippen LogP contribution in [-0.2, 0) is 4.74 Å². The Hall–Kier alpha value is -1.70. The van der Waals surface area contributed by atoms with E-state index in [-0.39, 0.29) is 10.5 Å². The van der Waals surface area contributed by atoms with Gasteiger partial charge in [-0.1, -0.05) is 0 Å². The van der Waals surface area contributed by atoms with E-state index in [0.29, 0.717) is 11.2 Å². The zero-order valence-corrected chi connectivity index (χ0v) is 11.4. The number of aromatic nitrogens is 1. The minimum atomic E-state index is -0.478. The first kappa shape index (κ1) is 12.7. The van der Waals surface area contributed by atoms with Crippen LogP contribution in [0.1, 0.15) is 27.7 Å². The fourth-order valence-electron chi connectivity index (χ4n) is 1.33. The van der Waals surface area contributed by atoms with Crippen molar-refractivity contribution in [2.45, 2.75) is 38.8 Å². The van der Waals surface area contributed by atoms with Gasteiger partial charge >= 0.3 is 5.00 Å². The lowest BCUT2D eigenvalue weighted by atomic mass is 9.87. The summed E-state index contributed by atoms with van der Waals surface area (Å²) in [6.07, 6.45) is 1.21. The molecule has 1 N–H and O–H groups in total. The molecule has 98 valence electrons. The van der Waals surface area contributed by atoms with Gasteiger partial charge in [-0.15, -0.1) is 0 Å². The summed E-state index contributed by atoms with van der Waals surface area (Å²) in [6, 6.07) is 0.342. The first-order chi connectivity index (χ1) is 8.21. The van der Waals surface area contributed by atoms with Crippen LogP contribution in [0.15, 0.2) is 11.2 Å². The van der Waals surface area contributed by atoms with E-state index in [4.69, 9.17) is 4.74 Å². The van der Waals surface area contributed by atoms with Crippen LogP contribution >= 0.6 is 11.3 Å². The number of hydrogen-bond donors (Lipinski definition) is 1. The van der Waals surface area contributed by atoms with Gasteiger partial charge in [-0.3, -0.25) is 15.4 Å². The number of thiazole rings is 1. The van der Waals surface area contributed by atoms with Crippen LogP contribution in [0.2, 0.25) is 0 Å². The van der Waals surface area contributed by atoms with Crippen molar-refractivity contribution in [1.82, 2.24) is 4.98 Å². The lowest BCUT2D eigenvalue weighted by molar-refractivity contribution is -0.380. The van der Waals surface area contributed by atoms with Gasteiger partial charge in [0.2, 0.25) is 0 Å². The minimum absolute atomic E-state index is 0.0189. The Bertz CT molecular complexity index is 521. The molecule has 8 heteroatoms. The van der Waals surface area contributed by atoms with E-state index in [9.17, 15) is 10.1 Å². The third-order valence-corrected chi connectivity index (χ3v) is 3.96. The van der Waals surface area contributed by atoms with Crippen molar-refractivity contribution in [3.05, 3.63) is 16.3 Å². The quantitative estimate of drug-likeness (QED) is 0.658. The molecule has 0 bridgehead atoms. The van der Waals surface area contributed by atoms with Crippen molar-refractivity contribution < 1.29 is 9.66 Å². The van der Waals surface area contributed by atoms with E-state index in [1.165, 1.54) is 6.20 Å². The van der Waals surface area contributed by atoms with Crippen molar-refractivity contribution >= 4 is 27.5 Å². The van der Waals surface area contributed by atoms with E-state index < -0.39 is 10.5 Å². The van der Waals surface area contributed by atoms with Crippen molar-refractivity contribution in [3.63, 3.8) is 0 Å². The van der Waals surface area contributed by atoms with Gasteiger partial charge in [0.05, 0.1) is 10.5 Å². The number of rotatable bonds is 2. The second kappa shape index (κ2) is 3.91. The second-order valence-corrected chi connectivity index (χ2v) is 5.98. The largest absolute Gasteiger partial charge is 0.456 e. The molecule has 7 nitrogen and oxygen atoms in total. The third-order valence-electron chi connectivity index (χ3n) is 3.09. The van der Waals surface area contributed by atoms with Crippen molar-refractivity contribution in [2.24, 2.45) is 4.99 Å². The number of hydrogen-bond acceptors (Lipinski definition) is 7. The normalized spacial score (nSPS) is 20.1. The summed E-state index contributed by atoms with van der Waals surface area (Å²) >= 11 is 0.946. The van der Waals surface area contributed by atoms with E-state index in [1.54, 1.807) is 0 Å². The Morgan fingerprint density at radius 2 is 2.11 bits per heavy atom. The standard InChI is InChI=1S/C10H14N4O3S/c1-9(2)10(3,4)17-7(13-9)12-8-11-5-6(18-8)14(15)16/h5H,1-4H3,(H,11,12,13). The number of aliphatic imine (C=N–C) groups is 1. The highest BCUT2D eigenvalue weighted by Crippen LogP contribution is 2.35. The lowest BCUT2D eigenvalue weighted by Gasteiger charge is -2.30. The zero-order chi connectivity index (χ0) is 13.6. The first-order valence-corrected chi connectivity index (χ1v) is 6.19. The maximum atomic E-state index is 10.5. The summed E-state index contributed by atoms with van der Waals surface area (Å²) in [6.45, 7) is 7.81. The molecule has 0 aromatic carbocycles. The van der Waals surface area contributed by atoms with Gasteiger partial charge in [-0.2, -0.15) is 0 Å². The Morgan fingerprint density at radius 1 is 1.44 bits per heavy atom. The van der Waals surface area contributed by atoms with Crippen LogP contribution in [0.3, 0.4) is 0 Å². The highest BCUT2D eigenvalue weighted by molar-refractivity contribution is 7.18. The molecule has 0 unspecified atom stereocenters. The van der Waals surface area contributed by atoms with Crippen LogP contribution in [0.4, 0.5) is 10.1 Å². The van der Waals surface area contributed by atoms with Gasteiger partial charge in [-0.25, -0.2) is 9.98 Å². The molecule has 0 radical (unpaired) electrons. The van der Waals surface area contributed by atoms with Gasteiger partial charge in [0.25, 0.3) is 6.02 Å². The van der Waals surface area contributed by atoms with Gasteiger partial charge < -0.3 is 4.74 Å². The van der Waals surface area contributed by atoms with Crippen molar-refractivity contribution in [2.75, 3.05) is 5.32 Å². The summed E-state index contributed by atoms with van der Waals surface area (Å²) < 4.78 is 5.67. The molecule has 2 rings (SSSR count). The molecular formula is C10H14N4O3S. The first-order valence-electron chi connectivity index (χ1n) is 5.37. The van der Waals surface area contributed by atoms with Gasteiger partial charge in [0.15, 0.2) is 5.13 Å².